The lowest BCUT2D eigenvalue weighted by Gasteiger charge is -2.30. The summed E-state index contributed by atoms with van der Waals surface area (Å²) < 4.78 is 5.54. The summed E-state index contributed by atoms with van der Waals surface area (Å²) in [5, 5.41) is 7.60. The van der Waals surface area contributed by atoms with Crippen molar-refractivity contribution >= 4 is 12.4 Å². The minimum atomic E-state index is 0. The number of hydrogen-bond acceptors (Lipinski definition) is 5. The van der Waals surface area contributed by atoms with Crippen LogP contribution in [0.1, 0.15) is 50.4 Å². The molecule has 2 heterocycles. The van der Waals surface area contributed by atoms with E-state index in [1.54, 1.807) is 0 Å². The molecular weight excluding hydrogens is 264 g/mol. The lowest BCUT2D eigenvalue weighted by molar-refractivity contribution is 0.190. The second-order valence-corrected chi connectivity index (χ2v) is 5.93. The molecule has 6 heteroatoms. The molecule has 3 rings (SSSR count). The standard InChI is InChI=1S/C13H22N4O.ClH/c1-13(5-3-4-6-13)12-15-11(16-18-12)10-9-14-7-8-17(10)2;/h10,14H,3-9H2,1-2H3;1H. The molecule has 1 unspecified atom stereocenters. The van der Waals surface area contributed by atoms with Gasteiger partial charge < -0.3 is 9.84 Å². The number of likely N-dealkylation sites (N-methyl/N-ethyl adjacent to an activating group) is 1. The Balaban J connectivity index is 0.00000133. The Morgan fingerprint density at radius 3 is 2.79 bits per heavy atom. The maximum Gasteiger partial charge on any atom is 0.232 e. The van der Waals surface area contributed by atoms with Crippen molar-refractivity contribution in [3.63, 3.8) is 0 Å². The molecule has 0 bridgehead atoms. The quantitative estimate of drug-likeness (QED) is 0.900. The fraction of sp³-hybridized carbons (Fsp3) is 0.846. The number of nitrogens with zero attached hydrogens (tertiary/aromatic N) is 3. The number of piperazine rings is 1. The van der Waals surface area contributed by atoms with E-state index in [0.717, 1.165) is 31.3 Å². The molecular formula is C13H23ClN4O. The van der Waals surface area contributed by atoms with Crippen LogP contribution in [-0.4, -0.2) is 41.7 Å². The van der Waals surface area contributed by atoms with Gasteiger partial charge in [-0.25, -0.2) is 0 Å². The van der Waals surface area contributed by atoms with Gasteiger partial charge in [-0.2, -0.15) is 4.98 Å². The van der Waals surface area contributed by atoms with Crippen LogP contribution in [-0.2, 0) is 5.41 Å². The van der Waals surface area contributed by atoms with Gasteiger partial charge in [0.2, 0.25) is 5.89 Å². The molecule has 1 aliphatic heterocycles. The van der Waals surface area contributed by atoms with E-state index in [4.69, 9.17) is 4.52 Å². The lowest BCUT2D eigenvalue weighted by atomic mass is 9.89. The zero-order valence-corrected chi connectivity index (χ0v) is 12.5. The van der Waals surface area contributed by atoms with E-state index in [1.165, 1.54) is 25.7 Å². The Labute approximate surface area is 120 Å². The molecule has 1 saturated carbocycles. The molecule has 0 spiro atoms. The van der Waals surface area contributed by atoms with Gasteiger partial charge in [-0.15, -0.1) is 12.4 Å². The number of hydrogen-bond donors (Lipinski definition) is 1. The topological polar surface area (TPSA) is 54.2 Å². The van der Waals surface area contributed by atoms with E-state index in [1.807, 2.05) is 0 Å². The molecule has 2 fully saturated rings. The van der Waals surface area contributed by atoms with E-state index < -0.39 is 0 Å². The summed E-state index contributed by atoms with van der Waals surface area (Å²) in [6, 6.07) is 0.251. The number of aromatic nitrogens is 2. The summed E-state index contributed by atoms with van der Waals surface area (Å²) in [5.41, 5.74) is 0.117. The first-order valence-corrected chi connectivity index (χ1v) is 6.94. The average Bonchev–Trinajstić information content (AvgIpc) is 2.99. The second-order valence-electron chi connectivity index (χ2n) is 5.93. The molecule has 0 radical (unpaired) electrons. The first-order chi connectivity index (χ1) is 8.69. The maximum absolute atomic E-state index is 5.54. The van der Waals surface area contributed by atoms with E-state index in [-0.39, 0.29) is 23.9 Å². The van der Waals surface area contributed by atoms with Gasteiger partial charge in [0.15, 0.2) is 5.82 Å². The Kier molecular flexibility index (Phi) is 4.48. The second kappa shape index (κ2) is 5.77. The van der Waals surface area contributed by atoms with Gasteiger partial charge in [-0.3, -0.25) is 4.90 Å². The van der Waals surface area contributed by atoms with Crippen molar-refractivity contribution in [2.45, 2.75) is 44.1 Å². The summed E-state index contributed by atoms with van der Waals surface area (Å²) in [6.45, 7) is 5.23. The zero-order valence-electron chi connectivity index (χ0n) is 11.7. The van der Waals surface area contributed by atoms with Crippen molar-refractivity contribution in [2.75, 3.05) is 26.7 Å². The van der Waals surface area contributed by atoms with Crippen molar-refractivity contribution in [1.82, 2.24) is 20.4 Å². The van der Waals surface area contributed by atoms with Crippen LogP contribution in [0.4, 0.5) is 0 Å². The third-order valence-corrected chi connectivity index (χ3v) is 4.47. The van der Waals surface area contributed by atoms with Crippen LogP contribution in [0.3, 0.4) is 0 Å². The Morgan fingerprint density at radius 2 is 2.11 bits per heavy atom. The third-order valence-electron chi connectivity index (χ3n) is 4.47. The largest absolute Gasteiger partial charge is 0.339 e. The van der Waals surface area contributed by atoms with Gasteiger partial charge in [0.05, 0.1) is 6.04 Å². The molecule has 5 nitrogen and oxygen atoms in total. The molecule has 0 amide bonds. The molecule has 1 saturated heterocycles. The van der Waals surface area contributed by atoms with E-state index in [2.05, 4.69) is 34.3 Å². The zero-order chi connectivity index (χ0) is 12.6. The minimum absolute atomic E-state index is 0. The normalized spacial score (nSPS) is 27.2. The van der Waals surface area contributed by atoms with Crippen LogP contribution < -0.4 is 5.32 Å². The first-order valence-electron chi connectivity index (χ1n) is 6.94. The maximum atomic E-state index is 5.54. The van der Waals surface area contributed by atoms with E-state index in [9.17, 15) is 0 Å². The molecule has 1 aromatic rings. The van der Waals surface area contributed by atoms with Crippen LogP contribution in [0.15, 0.2) is 4.52 Å². The average molecular weight is 287 g/mol. The fourth-order valence-corrected chi connectivity index (χ4v) is 3.08. The van der Waals surface area contributed by atoms with Gasteiger partial charge in [0.25, 0.3) is 0 Å². The highest BCUT2D eigenvalue weighted by molar-refractivity contribution is 5.85. The molecule has 1 aliphatic carbocycles. The van der Waals surface area contributed by atoms with Gasteiger partial charge in [-0.05, 0) is 19.9 Å². The van der Waals surface area contributed by atoms with Crippen molar-refractivity contribution in [3.05, 3.63) is 11.7 Å². The smallest absolute Gasteiger partial charge is 0.232 e. The fourth-order valence-electron chi connectivity index (χ4n) is 3.08. The van der Waals surface area contributed by atoms with Crippen molar-refractivity contribution in [1.29, 1.82) is 0 Å². The highest BCUT2D eigenvalue weighted by atomic mass is 35.5. The Hall–Kier alpha value is -0.650. The summed E-state index contributed by atoms with van der Waals surface area (Å²) in [6.07, 6.45) is 4.90. The van der Waals surface area contributed by atoms with Gasteiger partial charge in [-0.1, -0.05) is 24.9 Å². The Morgan fingerprint density at radius 1 is 1.37 bits per heavy atom. The number of halogens is 1. The summed E-state index contributed by atoms with van der Waals surface area (Å²) in [4.78, 5) is 6.97. The third kappa shape index (κ3) is 2.78. The highest BCUT2D eigenvalue weighted by Crippen LogP contribution is 2.40. The first kappa shape index (κ1) is 14.8. The molecule has 108 valence electrons. The van der Waals surface area contributed by atoms with Crippen LogP contribution in [0.5, 0.6) is 0 Å². The van der Waals surface area contributed by atoms with Crippen molar-refractivity contribution in [3.8, 4) is 0 Å². The van der Waals surface area contributed by atoms with Crippen molar-refractivity contribution in [2.24, 2.45) is 0 Å². The lowest BCUT2D eigenvalue weighted by Crippen LogP contribution is -2.44. The van der Waals surface area contributed by atoms with Crippen LogP contribution in [0, 0.1) is 0 Å². The highest BCUT2D eigenvalue weighted by Gasteiger charge is 2.37. The van der Waals surface area contributed by atoms with Gasteiger partial charge in [0, 0.05) is 25.0 Å². The van der Waals surface area contributed by atoms with Crippen LogP contribution >= 0.6 is 12.4 Å². The van der Waals surface area contributed by atoms with Crippen molar-refractivity contribution < 1.29 is 4.52 Å². The molecule has 2 aliphatic rings. The van der Waals surface area contributed by atoms with Crippen LogP contribution in [0.2, 0.25) is 0 Å². The number of rotatable bonds is 2. The Bertz CT molecular complexity index is 417. The predicted octanol–water partition coefficient (Wildman–Crippen LogP) is 1.90. The monoisotopic (exact) mass is 286 g/mol. The summed E-state index contributed by atoms with van der Waals surface area (Å²) in [5.74, 6) is 1.68. The van der Waals surface area contributed by atoms with Gasteiger partial charge >= 0.3 is 0 Å². The molecule has 1 N–H and O–H groups in total. The molecule has 1 aromatic heterocycles. The van der Waals surface area contributed by atoms with E-state index in [0.29, 0.717) is 0 Å². The summed E-state index contributed by atoms with van der Waals surface area (Å²) in [7, 11) is 2.12. The predicted molar refractivity (Wildman–Crippen MR) is 75.6 cm³/mol. The molecule has 1 atom stereocenters. The van der Waals surface area contributed by atoms with E-state index >= 15 is 0 Å². The van der Waals surface area contributed by atoms with Gasteiger partial charge in [0.1, 0.15) is 0 Å². The number of nitrogens with one attached hydrogen (secondary N) is 1. The molecule has 0 aromatic carbocycles. The van der Waals surface area contributed by atoms with Crippen LogP contribution in [0.25, 0.3) is 0 Å². The summed E-state index contributed by atoms with van der Waals surface area (Å²) >= 11 is 0. The SMILES string of the molecule is CN1CCNCC1c1noc(C2(C)CCCC2)n1.Cl. The minimum Gasteiger partial charge on any atom is -0.339 e. The molecule has 19 heavy (non-hydrogen) atoms.